The zero-order valence-electron chi connectivity index (χ0n) is 15.8. The minimum atomic E-state index is -0.568. The Morgan fingerprint density at radius 2 is 2.00 bits per heavy atom. The SMILES string of the molecule is CCN1C(=O)C(CC(=O)Nc2cccc(Cl)c2Cl)SC1=Nc1ccccc1OC. The van der Waals surface area contributed by atoms with Gasteiger partial charge < -0.3 is 10.1 Å². The van der Waals surface area contributed by atoms with Gasteiger partial charge in [-0.3, -0.25) is 14.5 Å². The lowest BCUT2D eigenvalue weighted by atomic mass is 10.2. The fourth-order valence-electron chi connectivity index (χ4n) is 2.81. The number of para-hydroxylation sites is 2. The number of aliphatic imine (C=N–C) groups is 1. The topological polar surface area (TPSA) is 71.0 Å². The molecule has 1 heterocycles. The number of thioether (sulfide) groups is 1. The van der Waals surface area contributed by atoms with Gasteiger partial charge in [-0.05, 0) is 31.2 Å². The highest BCUT2D eigenvalue weighted by Gasteiger charge is 2.38. The van der Waals surface area contributed by atoms with Crippen LogP contribution in [0.3, 0.4) is 0 Å². The summed E-state index contributed by atoms with van der Waals surface area (Å²) in [6, 6.07) is 12.3. The number of carbonyl (C=O) groups is 2. The zero-order valence-corrected chi connectivity index (χ0v) is 18.1. The molecule has 1 saturated heterocycles. The van der Waals surface area contributed by atoms with Gasteiger partial charge in [-0.2, -0.15) is 0 Å². The van der Waals surface area contributed by atoms with Gasteiger partial charge in [-0.15, -0.1) is 0 Å². The Morgan fingerprint density at radius 1 is 1.24 bits per heavy atom. The molecule has 2 aromatic carbocycles. The van der Waals surface area contributed by atoms with Crippen LogP contribution in [0.1, 0.15) is 13.3 Å². The van der Waals surface area contributed by atoms with E-state index in [1.54, 1.807) is 36.3 Å². The van der Waals surface area contributed by atoms with Crippen LogP contribution in [0.25, 0.3) is 0 Å². The van der Waals surface area contributed by atoms with E-state index in [9.17, 15) is 9.59 Å². The van der Waals surface area contributed by atoms with Gasteiger partial charge in [0.1, 0.15) is 16.7 Å². The van der Waals surface area contributed by atoms with Crippen LogP contribution >= 0.6 is 35.0 Å². The summed E-state index contributed by atoms with van der Waals surface area (Å²) in [5.41, 5.74) is 1.04. The molecule has 1 aliphatic heterocycles. The number of amidine groups is 1. The van der Waals surface area contributed by atoms with Gasteiger partial charge in [0.05, 0.1) is 22.8 Å². The Bertz CT molecular complexity index is 968. The number of hydrogen-bond donors (Lipinski definition) is 1. The van der Waals surface area contributed by atoms with Crippen LogP contribution in [-0.4, -0.2) is 40.8 Å². The first-order valence-electron chi connectivity index (χ1n) is 8.88. The van der Waals surface area contributed by atoms with E-state index in [1.807, 2.05) is 25.1 Å². The normalized spacial score (nSPS) is 17.7. The van der Waals surface area contributed by atoms with Crippen molar-refractivity contribution in [3.8, 4) is 5.75 Å². The van der Waals surface area contributed by atoms with E-state index >= 15 is 0 Å². The second-order valence-corrected chi connectivity index (χ2v) is 8.06. The Hall–Kier alpha value is -2.22. The number of halogens is 2. The molecule has 1 fully saturated rings. The number of amides is 2. The summed E-state index contributed by atoms with van der Waals surface area (Å²) in [5, 5.41) is 3.30. The van der Waals surface area contributed by atoms with Crippen LogP contribution in [0.5, 0.6) is 5.75 Å². The average molecular weight is 452 g/mol. The smallest absolute Gasteiger partial charge is 0.242 e. The van der Waals surface area contributed by atoms with Crippen LogP contribution in [0.15, 0.2) is 47.5 Å². The lowest BCUT2D eigenvalue weighted by molar-refractivity contribution is -0.128. The van der Waals surface area contributed by atoms with Crippen molar-refractivity contribution in [2.24, 2.45) is 4.99 Å². The van der Waals surface area contributed by atoms with E-state index in [1.165, 1.54) is 11.8 Å². The summed E-state index contributed by atoms with van der Waals surface area (Å²) in [6.45, 7) is 2.32. The molecule has 0 aliphatic carbocycles. The fourth-order valence-corrected chi connectivity index (χ4v) is 4.37. The van der Waals surface area contributed by atoms with Gasteiger partial charge >= 0.3 is 0 Å². The molecule has 1 N–H and O–H groups in total. The lowest BCUT2D eigenvalue weighted by Crippen LogP contribution is -2.33. The first-order chi connectivity index (χ1) is 13.9. The van der Waals surface area contributed by atoms with Crippen LogP contribution < -0.4 is 10.1 Å². The highest BCUT2D eigenvalue weighted by atomic mass is 35.5. The molecule has 0 spiro atoms. The number of benzene rings is 2. The molecule has 9 heteroatoms. The Morgan fingerprint density at radius 3 is 2.72 bits per heavy atom. The number of anilines is 1. The molecule has 3 rings (SSSR count). The molecule has 152 valence electrons. The molecule has 1 aliphatic rings. The molecular formula is C20H19Cl2N3O3S. The molecule has 0 radical (unpaired) electrons. The van der Waals surface area contributed by atoms with E-state index in [-0.39, 0.29) is 23.3 Å². The van der Waals surface area contributed by atoms with E-state index in [0.717, 1.165) is 0 Å². The number of carbonyl (C=O) groups excluding carboxylic acids is 2. The molecule has 29 heavy (non-hydrogen) atoms. The highest BCUT2D eigenvalue weighted by Crippen LogP contribution is 2.35. The first kappa shape index (κ1) is 21.5. The maximum Gasteiger partial charge on any atom is 0.242 e. The van der Waals surface area contributed by atoms with Gasteiger partial charge in [0.2, 0.25) is 11.8 Å². The molecular weight excluding hydrogens is 433 g/mol. The summed E-state index contributed by atoms with van der Waals surface area (Å²) < 4.78 is 5.32. The van der Waals surface area contributed by atoms with Crippen LogP contribution in [0.2, 0.25) is 10.0 Å². The number of nitrogens with zero attached hydrogens (tertiary/aromatic N) is 2. The van der Waals surface area contributed by atoms with Crippen molar-refractivity contribution in [2.45, 2.75) is 18.6 Å². The van der Waals surface area contributed by atoms with Crippen LogP contribution in [0, 0.1) is 0 Å². The maximum absolute atomic E-state index is 12.8. The third kappa shape index (κ3) is 4.86. The highest BCUT2D eigenvalue weighted by molar-refractivity contribution is 8.15. The van der Waals surface area contributed by atoms with Gasteiger partial charge in [0.15, 0.2) is 5.17 Å². The predicted octanol–water partition coefficient (Wildman–Crippen LogP) is 4.98. The summed E-state index contributed by atoms with van der Waals surface area (Å²) in [4.78, 5) is 31.4. The summed E-state index contributed by atoms with van der Waals surface area (Å²) >= 11 is 13.4. The molecule has 2 aromatic rings. The Kier molecular flexibility index (Phi) is 7.05. The quantitative estimate of drug-likeness (QED) is 0.671. The number of ether oxygens (including phenoxy) is 1. The number of methoxy groups -OCH3 is 1. The second kappa shape index (κ2) is 9.52. The van der Waals surface area contributed by atoms with E-state index < -0.39 is 5.25 Å². The molecule has 2 amide bonds. The van der Waals surface area contributed by atoms with Crippen molar-refractivity contribution in [1.82, 2.24) is 4.90 Å². The summed E-state index contributed by atoms with van der Waals surface area (Å²) in [6.07, 6.45) is -0.00616. The number of nitrogens with one attached hydrogen (secondary N) is 1. The van der Waals surface area contributed by atoms with Crippen molar-refractivity contribution in [3.05, 3.63) is 52.5 Å². The van der Waals surface area contributed by atoms with Crippen molar-refractivity contribution in [2.75, 3.05) is 19.0 Å². The Labute approximate surface area is 183 Å². The van der Waals surface area contributed by atoms with Crippen molar-refractivity contribution in [3.63, 3.8) is 0 Å². The van der Waals surface area contributed by atoms with Crippen molar-refractivity contribution in [1.29, 1.82) is 0 Å². The molecule has 0 aromatic heterocycles. The molecule has 6 nitrogen and oxygen atoms in total. The third-order valence-corrected chi connectivity index (χ3v) is 6.23. The third-order valence-electron chi connectivity index (χ3n) is 4.23. The van der Waals surface area contributed by atoms with E-state index in [0.29, 0.717) is 33.9 Å². The van der Waals surface area contributed by atoms with E-state index in [4.69, 9.17) is 27.9 Å². The standard InChI is InChI=1S/C20H19Cl2N3O3S/c1-3-25-19(27)16(11-17(26)23-14-9-6-7-12(21)18(14)22)29-20(25)24-13-8-4-5-10-15(13)28-2/h4-10,16H,3,11H2,1-2H3,(H,23,26). The molecule has 1 atom stereocenters. The Balaban J connectivity index is 1.75. The van der Waals surface area contributed by atoms with Gasteiger partial charge in [-0.1, -0.05) is 53.2 Å². The largest absolute Gasteiger partial charge is 0.494 e. The van der Waals surface area contributed by atoms with Gasteiger partial charge in [-0.25, -0.2) is 4.99 Å². The zero-order chi connectivity index (χ0) is 21.0. The average Bonchev–Trinajstić information content (AvgIpc) is 3.00. The van der Waals surface area contributed by atoms with Crippen molar-refractivity contribution < 1.29 is 14.3 Å². The van der Waals surface area contributed by atoms with Crippen LogP contribution in [0.4, 0.5) is 11.4 Å². The lowest BCUT2D eigenvalue weighted by Gasteiger charge is -2.14. The number of rotatable bonds is 6. The van der Waals surface area contributed by atoms with Crippen molar-refractivity contribution >= 4 is 63.3 Å². The molecule has 0 bridgehead atoms. The summed E-state index contributed by atoms with van der Waals surface area (Å²) in [5.74, 6) is 0.133. The van der Waals surface area contributed by atoms with E-state index in [2.05, 4.69) is 10.3 Å². The second-order valence-electron chi connectivity index (χ2n) is 6.11. The minimum Gasteiger partial charge on any atom is -0.494 e. The van der Waals surface area contributed by atoms with Gasteiger partial charge in [0, 0.05) is 13.0 Å². The molecule has 0 saturated carbocycles. The van der Waals surface area contributed by atoms with Crippen LogP contribution in [-0.2, 0) is 9.59 Å². The predicted molar refractivity (Wildman–Crippen MR) is 119 cm³/mol. The number of hydrogen-bond acceptors (Lipinski definition) is 5. The van der Waals surface area contributed by atoms with Gasteiger partial charge in [0.25, 0.3) is 0 Å². The molecule has 1 unspecified atom stereocenters. The monoisotopic (exact) mass is 451 g/mol. The first-order valence-corrected chi connectivity index (χ1v) is 10.5. The summed E-state index contributed by atoms with van der Waals surface area (Å²) in [7, 11) is 1.57. The minimum absolute atomic E-state index is 0.00616. The maximum atomic E-state index is 12.8. The fraction of sp³-hybridized carbons (Fsp3) is 0.250.